The Hall–Kier alpha value is -0.520. The number of hydrogen-bond acceptors (Lipinski definition) is 0. The van der Waals surface area contributed by atoms with Gasteiger partial charge in [-0.2, -0.15) is 0 Å². The summed E-state index contributed by atoms with van der Waals surface area (Å²) in [6.45, 7) is 24.0. The summed E-state index contributed by atoms with van der Waals surface area (Å²) in [4.78, 5) is 0. The third kappa shape index (κ3) is 6.58. The molecule has 0 radical (unpaired) electrons. The minimum absolute atomic E-state index is 0.655. The zero-order valence-corrected chi connectivity index (χ0v) is 19.7. The smallest absolute Gasteiger partial charge is 0.000675 e. The van der Waals surface area contributed by atoms with Gasteiger partial charge in [0.15, 0.2) is 0 Å². The van der Waals surface area contributed by atoms with E-state index < -0.39 is 0 Å². The van der Waals surface area contributed by atoms with Crippen molar-refractivity contribution >= 4 is 0 Å². The molecule has 0 heterocycles. The Morgan fingerprint density at radius 3 is 1.81 bits per heavy atom. The van der Waals surface area contributed by atoms with Crippen LogP contribution >= 0.6 is 0 Å². The molecule has 1 rings (SSSR count). The zero-order valence-electron chi connectivity index (χ0n) is 19.7. The molecule has 1 aliphatic carbocycles. The molecule has 0 aromatic rings. The molecular formula is C26H48. The van der Waals surface area contributed by atoms with Crippen molar-refractivity contribution in [2.24, 2.45) is 35.5 Å². The molecular weight excluding hydrogens is 312 g/mol. The van der Waals surface area contributed by atoms with Gasteiger partial charge in [0, 0.05) is 5.92 Å². The van der Waals surface area contributed by atoms with Gasteiger partial charge < -0.3 is 0 Å². The van der Waals surface area contributed by atoms with Crippen LogP contribution in [0.1, 0.15) is 108 Å². The van der Waals surface area contributed by atoms with Crippen LogP contribution in [0.4, 0.5) is 0 Å². The predicted molar refractivity (Wildman–Crippen MR) is 119 cm³/mol. The largest absolute Gasteiger partial charge is 0.0712 e. The van der Waals surface area contributed by atoms with E-state index in [4.69, 9.17) is 0 Å². The van der Waals surface area contributed by atoms with Crippen LogP contribution in [0, 0.1) is 35.5 Å². The summed E-state index contributed by atoms with van der Waals surface area (Å²) >= 11 is 0. The summed E-state index contributed by atoms with van der Waals surface area (Å²) in [5.74, 6) is 4.83. The highest BCUT2D eigenvalue weighted by Gasteiger charge is 2.38. The molecule has 0 aromatic heterocycles. The second kappa shape index (κ2) is 10.7. The van der Waals surface area contributed by atoms with Crippen LogP contribution in [0.15, 0.2) is 22.3 Å². The number of allylic oxidation sites excluding steroid dienone is 4. The predicted octanol–water partition coefficient (Wildman–Crippen LogP) is 8.83. The zero-order chi connectivity index (χ0) is 20.0. The van der Waals surface area contributed by atoms with E-state index in [0.717, 1.165) is 23.7 Å². The molecule has 152 valence electrons. The van der Waals surface area contributed by atoms with E-state index in [-0.39, 0.29) is 0 Å². The average Bonchev–Trinajstić information content (AvgIpc) is 3.32. The highest BCUT2D eigenvalue weighted by molar-refractivity contribution is 5.28. The SMILES string of the molecule is CCCC(C)CCCC(C(C)=C(C)C(C)C)C(C)=C(C)C(C)C1CC1C. The van der Waals surface area contributed by atoms with Crippen molar-refractivity contribution in [1.82, 2.24) is 0 Å². The fraction of sp³-hybridized carbons (Fsp3) is 0.846. The van der Waals surface area contributed by atoms with Crippen LogP contribution in [0.3, 0.4) is 0 Å². The molecule has 0 amide bonds. The van der Waals surface area contributed by atoms with Gasteiger partial charge >= 0.3 is 0 Å². The summed E-state index contributed by atoms with van der Waals surface area (Å²) in [7, 11) is 0. The lowest BCUT2D eigenvalue weighted by molar-refractivity contribution is 0.439. The molecule has 0 aromatic carbocycles. The first-order valence-corrected chi connectivity index (χ1v) is 11.5. The van der Waals surface area contributed by atoms with Gasteiger partial charge in [-0.1, -0.05) is 89.5 Å². The first kappa shape index (κ1) is 23.5. The molecule has 26 heavy (non-hydrogen) atoms. The van der Waals surface area contributed by atoms with E-state index in [1.165, 1.54) is 38.5 Å². The van der Waals surface area contributed by atoms with Gasteiger partial charge in [-0.05, 0) is 70.1 Å². The Morgan fingerprint density at radius 1 is 0.808 bits per heavy atom. The van der Waals surface area contributed by atoms with Crippen LogP contribution in [0.25, 0.3) is 0 Å². The number of hydrogen-bond donors (Lipinski definition) is 0. The minimum Gasteiger partial charge on any atom is -0.0712 e. The lowest BCUT2D eigenvalue weighted by Crippen LogP contribution is -2.13. The van der Waals surface area contributed by atoms with Gasteiger partial charge in [-0.3, -0.25) is 0 Å². The van der Waals surface area contributed by atoms with E-state index in [1.807, 2.05) is 0 Å². The van der Waals surface area contributed by atoms with Crippen LogP contribution in [0.5, 0.6) is 0 Å². The Bertz CT molecular complexity index is 490. The topological polar surface area (TPSA) is 0 Å². The molecule has 0 saturated heterocycles. The molecule has 0 aliphatic heterocycles. The third-order valence-electron chi connectivity index (χ3n) is 7.62. The van der Waals surface area contributed by atoms with Gasteiger partial charge in [0.25, 0.3) is 0 Å². The molecule has 0 bridgehead atoms. The summed E-state index contributed by atoms with van der Waals surface area (Å²) < 4.78 is 0. The standard InChI is InChI=1S/C26H48/c1-11-13-18(4)14-12-15-25(22(8)20(6)17(2)3)23(9)21(7)24(10)26-16-19(26)5/h17-19,24-26H,11-16H2,1-10H3. The van der Waals surface area contributed by atoms with E-state index in [9.17, 15) is 0 Å². The molecule has 5 unspecified atom stereocenters. The van der Waals surface area contributed by atoms with Crippen LogP contribution in [-0.4, -0.2) is 0 Å². The van der Waals surface area contributed by atoms with Crippen LogP contribution < -0.4 is 0 Å². The first-order valence-electron chi connectivity index (χ1n) is 11.5. The van der Waals surface area contributed by atoms with Gasteiger partial charge in [0.2, 0.25) is 0 Å². The van der Waals surface area contributed by atoms with Crippen molar-refractivity contribution in [3.05, 3.63) is 22.3 Å². The molecule has 0 heteroatoms. The Morgan fingerprint density at radius 2 is 1.35 bits per heavy atom. The van der Waals surface area contributed by atoms with E-state index in [2.05, 4.69) is 69.2 Å². The van der Waals surface area contributed by atoms with Gasteiger partial charge in [0.05, 0.1) is 0 Å². The van der Waals surface area contributed by atoms with Gasteiger partial charge in [0.1, 0.15) is 0 Å². The maximum absolute atomic E-state index is 2.47. The van der Waals surface area contributed by atoms with Crippen molar-refractivity contribution in [1.29, 1.82) is 0 Å². The Balaban J connectivity index is 2.97. The molecule has 1 saturated carbocycles. The molecule has 1 fully saturated rings. The van der Waals surface area contributed by atoms with Crippen molar-refractivity contribution in [2.45, 2.75) is 108 Å². The normalized spacial score (nSPS) is 25.5. The summed E-state index contributed by atoms with van der Waals surface area (Å²) in [6.07, 6.45) is 8.23. The molecule has 0 spiro atoms. The van der Waals surface area contributed by atoms with Crippen molar-refractivity contribution in [3.8, 4) is 0 Å². The maximum Gasteiger partial charge on any atom is 0.000675 e. The molecule has 0 N–H and O–H groups in total. The highest BCUT2D eigenvalue weighted by atomic mass is 14.4. The van der Waals surface area contributed by atoms with E-state index in [0.29, 0.717) is 11.8 Å². The maximum atomic E-state index is 2.47. The van der Waals surface area contributed by atoms with Crippen molar-refractivity contribution < 1.29 is 0 Å². The third-order valence-corrected chi connectivity index (χ3v) is 7.62. The second-order valence-corrected chi connectivity index (χ2v) is 9.93. The summed E-state index contributed by atoms with van der Waals surface area (Å²) in [5, 5.41) is 0. The monoisotopic (exact) mass is 360 g/mol. The highest BCUT2D eigenvalue weighted by Crippen LogP contribution is 2.47. The summed E-state index contributed by atoms with van der Waals surface area (Å²) in [6, 6.07) is 0. The van der Waals surface area contributed by atoms with E-state index >= 15 is 0 Å². The fourth-order valence-corrected chi connectivity index (χ4v) is 4.80. The molecule has 0 nitrogen and oxygen atoms in total. The Kier molecular flexibility index (Phi) is 9.70. The quantitative estimate of drug-likeness (QED) is 0.323. The molecule has 5 atom stereocenters. The van der Waals surface area contributed by atoms with E-state index in [1.54, 1.807) is 22.3 Å². The van der Waals surface area contributed by atoms with Crippen molar-refractivity contribution in [2.75, 3.05) is 0 Å². The second-order valence-electron chi connectivity index (χ2n) is 9.93. The lowest BCUT2D eigenvalue weighted by atomic mass is 9.78. The van der Waals surface area contributed by atoms with Crippen molar-refractivity contribution in [3.63, 3.8) is 0 Å². The van der Waals surface area contributed by atoms with Gasteiger partial charge in [-0.15, -0.1) is 0 Å². The fourth-order valence-electron chi connectivity index (χ4n) is 4.80. The molecule has 1 aliphatic rings. The van der Waals surface area contributed by atoms with Gasteiger partial charge in [-0.25, -0.2) is 0 Å². The summed E-state index contributed by atoms with van der Waals surface area (Å²) in [5.41, 5.74) is 6.62. The average molecular weight is 361 g/mol. The Labute approximate surface area is 165 Å². The number of rotatable bonds is 11. The lowest BCUT2D eigenvalue weighted by Gasteiger charge is -2.27. The van der Waals surface area contributed by atoms with Crippen LogP contribution in [-0.2, 0) is 0 Å². The minimum atomic E-state index is 0.655. The van der Waals surface area contributed by atoms with Crippen LogP contribution in [0.2, 0.25) is 0 Å². The first-order chi connectivity index (χ1) is 12.1.